The molecule has 5 rings (SSSR count). The topological polar surface area (TPSA) is 110 Å². The molecule has 1 fully saturated rings. The van der Waals surface area contributed by atoms with Crippen molar-refractivity contribution in [2.24, 2.45) is 0 Å². The molecule has 0 aliphatic heterocycles. The number of anilines is 1. The van der Waals surface area contributed by atoms with E-state index in [4.69, 9.17) is 14.3 Å². The van der Waals surface area contributed by atoms with Crippen molar-refractivity contribution >= 4 is 22.9 Å². The van der Waals surface area contributed by atoms with E-state index in [0.29, 0.717) is 5.71 Å². The van der Waals surface area contributed by atoms with E-state index in [9.17, 15) is 4.79 Å². The van der Waals surface area contributed by atoms with E-state index in [1.54, 1.807) is 7.11 Å². The van der Waals surface area contributed by atoms with Crippen molar-refractivity contribution in [2.45, 2.75) is 37.8 Å². The number of nitrogens with zero attached hydrogens (tertiary/aromatic N) is 2. The normalized spacial score (nSPS) is 17.9. The number of carboxylic acids is 1. The van der Waals surface area contributed by atoms with Crippen molar-refractivity contribution in [2.75, 3.05) is 19.0 Å². The van der Waals surface area contributed by atoms with Crippen LogP contribution in [0.1, 0.15) is 25.7 Å². The Morgan fingerprint density at radius 1 is 1.06 bits per heavy atom. The lowest BCUT2D eigenvalue weighted by Crippen LogP contribution is -2.41. The molecule has 0 spiro atoms. The third kappa shape index (κ3) is 4.97. The number of fused-ring (bicyclic) bond motifs is 1. The van der Waals surface area contributed by atoms with Crippen LogP contribution < -0.4 is 15.4 Å². The highest BCUT2D eigenvalue weighted by atomic mass is 16.5. The average molecular weight is 473 g/mol. The Balaban J connectivity index is 1.55. The third-order valence-corrected chi connectivity index (χ3v) is 6.46. The average Bonchev–Trinajstić information content (AvgIpc) is 3.29. The number of furan rings is 1. The van der Waals surface area contributed by atoms with Gasteiger partial charge in [0, 0.05) is 23.2 Å². The molecule has 4 aromatic rings. The van der Waals surface area contributed by atoms with E-state index in [-0.39, 0.29) is 18.6 Å². The highest BCUT2D eigenvalue weighted by Crippen LogP contribution is 2.43. The number of nitrogens with one attached hydrogen (secondary N) is 2. The molecule has 2 aromatic carbocycles. The number of rotatable bonds is 8. The highest BCUT2D eigenvalue weighted by Gasteiger charge is 2.26. The summed E-state index contributed by atoms with van der Waals surface area (Å²) in [6.45, 7) is -0.0288. The minimum absolute atomic E-state index is 0.0288. The molecular formula is C27H28N4O4. The van der Waals surface area contributed by atoms with Gasteiger partial charge in [0.15, 0.2) is 0 Å². The molecular weight excluding hydrogens is 444 g/mol. The summed E-state index contributed by atoms with van der Waals surface area (Å²) in [5.41, 5.74) is 3.38. The summed E-state index contributed by atoms with van der Waals surface area (Å²) in [5, 5.41) is 16.6. The number of aliphatic carboxylic acids is 1. The molecule has 3 N–H and O–H groups in total. The van der Waals surface area contributed by atoms with Crippen LogP contribution in [0.2, 0.25) is 0 Å². The molecule has 8 nitrogen and oxygen atoms in total. The van der Waals surface area contributed by atoms with Crippen molar-refractivity contribution in [3.8, 4) is 28.2 Å². The summed E-state index contributed by atoms with van der Waals surface area (Å²) in [6, 6.07) is 18.2. The Bertz CT molecular complexity index is 1300. The first-order valence-corrected chi connectivity index (χ1v) is 11.8. The first-order valence-electron chi connectivity index (χ1n) is 11.8. The van der Waals surface area contributed by atoms with Crippen molar-refractivity contribution in [1.29, 1.82) is 0 Å². The van der Waals surface area contributed by atoms with E-state index < -0.39 is 5.97 Å². The smallest absolute Gasteiger partial charge is 0.317 e. The molecule has 2 heterocycles. The maximum absolute atomic E-state index is 11.0. The Morgan fingerprint density at radius 2 is 1.83 bits per heavy atom. The molecule has 2 atom stereocenters. The van der Waals surface area contributed by atoms with Crippen LogP contribution in [-0.4, -0.2) is 46.8 Å². The summed E-state index contributed by atoms with van der Waals surface area (Å²) in [7, 11) is 1.65. The Morgan fingerprint density at radius 3 is 2.57 bits per heavy atom. The molecule has 0 bridgehead atoms. The largest absolute Gasteiger partial charge is 0.497 e. The summed E-state index contributed by atoms with van der Waals surface area (Å²) in [6.07, 6.45) is 5.29. The Labute approximate surface area is 203 Å². The van der Waals surface area contributed by atoms with Crippen LogP contribution in [0.3, 0.4) is 0 Å². The van der Waals surface area contributed by atoms with Crippen LogP contribution in [0.15, 0.2) is 65.3 Å². The van der Waals surface area contributed by atoms with Crippen LogP contribution in [0.25, 0.3) is 33.6 Å². The van der Waals surface area contributed by atoms with Gasteiger partial charge < -0.3 is 24.9 Å². The number of methoxy groups -OCH3 is 1. The van der Waals surface area contributed by atoms with Gasteiger partial charge in [0.05, 0.1) is 19.0 Å². The van der Waals surface area contributed by atoms with Gasteiger partial charge in [-0.15, -0.1) is 0 Å². The van der Waals surface area contributed by atoms with E-state index in [1.165, 1.54) is 6.33 Å². The maximum Gasteiger partial charge on any atom is 0.317 e. The van der Waals surface area contributed by atoms with Gasteiger partial charge in [-0.3, -0.25) is 4.79 Å². The Hall–Kier alpha value is -3.91. The van der Waals surface area contributed by atoms with Crippen LogP contribution in [0, 0.1) is 0 Å². The van der Waals surface area contributed by atoms with Gasteiger partial charge in [-0.25, -0.2) is 9.97 Å². The zero-order valence-electron chi connectivity index (χ0n) is 19.5. The van der Waals surface area contributed by atoms with E-state index in [1.807, 2.05) is 54.6 Å². The van der Waals surface area contributed by atoms with Gasteiger partial charge in [0.1, 0.15) is 23.7 Å². The first kappa shape index (κ1) is 22.9. The van der Waals surface area contributed by atoms with Crippen molar-refractivity contribution in [3.05, 3.63) is 60.9 Å². The van der Waals surface area contributed by atoms with Crippen LogP contribution in [0.4, 0.5) is 5.82 Å². The Kier molecular flexibility index (Phi) is 6.63. The second-order valence-corrected chi connectivity index (χ2v) is 8.78. The first-order chi connectivity index (χ1) is 17.1. The quantitative estimate of drug-likeness (QED) is 0.330. The molecule has 1 aliphatic carbocycles. The third-order valence-electron chi connectivity index (χ3n) is 6.46. The number of ether oxygens (including phenoxy) is 1. The van der Waals surface area contributed by atoms with Gasteiger partial charge in [-0.1, -0.05) is 42.5 Å². The second-order valence-electron chi connectivity index (χ2n) is 8.78. The molecule has 8 heteroatoms. The zero-order valence-corrected chi connectivity index (χ0v) is 19.5. The van der Waals surface area contributed by atoms with Gasteiger partial charge >= 0.3 is 5.97 Å². The van der Waals surface area contributed by atoms with E-state index >= 15 is 0 Å². The van der Waals surface area contributed by atoms with Gasteiger partial charge in [-0.05, 0) is 43.4 Å². The van der Waals surface area contributed by atoms with Gasteiger partial charge in [0.2, 0.25) is 5.71 Å². The highest BCUT2D eigenvalue weighted by molar-refractivity contribution is 6.05. The molecule has 0 amide bonds. The van der Waals surface area contributed by atoms with Crippen molar-refractivity contribution in [3.63, 3.8) is 0 Å². The molecule has 1 saturated carbocycles. The second kappa shape index (κ2) is 10.1. The molecule has 2 aromatic heterocycles. The van der Waals surface area contributed by atoms with E-state index in [2.05, 4.69) is 20.6 Å². The minimum Gasteiger partial charge on any atom is -0.497 e. The number of carboxylic acid groups (broad SMARTS) is 1. The fraction of sp³-hybridized carbons (Fsp3) is 0.296. The monoisotopic (exact) mass is 472 g/mol. The number of hydrogen-bond donors (Lipinski definition) is 3. The summed E-state index contributed by atoms with van der Waals surface area (Å²) in [4.78, 5) is 20.0. The van der Waals surface area contributed by atoms with Gasteiger partial charge in [-0.2, -0.15) is 0 Å². The van der Waals surface area contributed by atoms with E-state index in [0.717, 1.165) is 65.1 Å². The lowest BCUT2D eigenvalue weighted by molar-refractivity contribution is -0.136. The summed E-state index contributed by atoms with van der Waals surface area (Å²) >= 11 is 0. The molecule has 35 heavy (non-hydrogen) atoms. The summed E-state index contributed by atoms with van der Waals surface area (Å²) < 4.78 is 11.7. The fourth-order valence-electron chi connectivity index (χ4n) is 4.80. The lowest BCUT2D eigenvalue weighted by atomic mass is 9.90. The minimum atomic E-state index is -0.839. The van der Waals surface area contributed by atoms with Crippen molar-refractivity contribution in [1.82, 2.24) is 15.3 Å². The fourth-order valence-corrected chi connectivity index (χ4v) is 4.80. The predicted molar refractivity (Wildman–Crippen MR) is 135 cm³/mol. The standard InChI is InChI=1S/C27H28N4O4/c1-34-21-12-10-17(11-13-21)23-24-26(31-20-9-5-8-19(14-20)28-15-22(32)33)29-16-30-27(24)35-25(23)18-6-3-2-4-7-18/h2-4,6-7,10-13,16,19-20,28H,5,8-9,14-15H2,1H3,(H,32,33)(H,29,30,31). The summed E-state index contributed by atoms with van der Waals surface area (Å²) in [5.74, 6) is 1.39. The zero-order chi connectivity index (χ0) is 24.2. The number of benzene rings is 2. The molecule has 1 aliphatic rings. The molecule has 0 radical (unpaired) electrons. The predicted octanol–water partition coefficient (Wildman–Crippen LogP) is 4.96. The van der Waals surface area contributed by atoms with Crippen LogP contribution in [0.5, 0.6) is 5.75 Å². The molecule has 0 saturated heterocycles. The molecule has 180 valence electrons. The number of aromatic nitrogens is 2. The van der Waals surface area contributed by atoms with Crippen LogP contribution >= 0.6 is 0 Å². The van der Waals surface area contributed by atoms with Crippen molar-refractivity contribution < 1.29 is 19.1 Å². The lowest BCUT2D eigenvalue weighted by Gasteiger charge is -2.30. The number of carbonyl (C=O) groups is 1. The maximum atomic E-state index is 11.0. The van der Waals surface area contributed by atoms with Gasteiger partial charge in [0.25, 0.3) is 0 Å². The number of hydrogen-bond acceptors (Lipinski definition) is 7. The van der Waals surface area contributed by atoms with Crippen LogP contribution in [-0.2, 0) is 4.79 Å². The molecule has 2 unspecified atom stereocenters. The SMILES string of the molecule is COc1ccc(-c2c(-c3ccccc3)oc3ncnc(NC4CCCC(NCC(=O)O)C4)c23)cc1.